The molecule has 1 rings (SSSR count). The van der Waals surface area contributed by atoms with Gasteiger partial charge >= 0.3 is 6.08 Å². The molecule has 0 saturated carbocycles. The first-order valence-corrected chi connectivity index (χ1v) is 3.43. The third-order valence-corrected chi connectivity index (χ3v) is 1.32. The van der Waals surface area contributed by atoms with Crippen LogP contribution in [0.1, 0.15) is 12.6 Å². The van der Waals surface area contributed by atoms with Gasteiger partial charge in [0.2, 0.25) is 0 Å². The number of nitrogens with two attached hydrogens (primary N) is 1. The van der Waals surface area contributed by atoms with Crippen molar-refractivity contribution in [2.75, 3.05) is 5.73 Å². The molecule has 0 aliphatic heterocycles. The highest BCUT2D eigenvalue weighted by molar-refractivity contribution is 5.68. The van der Waals surface area contributed by atoms with Crippen molar-refractivity contribution in [3.63, 3.8) is 0 Å². The second-order valence-electron chi connectivity index (χ2n) is 2.20. The fourth-order valence-electron chi connectivity index (χ4n) is 0.843. The van der Waals surface area contributed by atoms with Crippen LogP contribution in [0.3, 0.4) is 0 Å². The van der Waals surface area contributed by atoms with E-state index >= 15 is 0 Å². The standard InChI is InChI=1S/C7H9FN4/c1-3-10-5-4(2)11-7(8)12-6(5)9/h3H,1-2H3,(H2,9,11,12). The van der Waals surface area contributed by atoms with Gasteiger partial charge in [0, 0.05) is 6.21 Å². The van der Waals surface area contributed by atoms with Gasteiger partial charge in [-0.3, -0.25) is 4.99 Å². The van der Waals surface area contributed by atoms with E-state index in [1.54, 1.807) is 20.1 Å². The maximum Gasteiger partial charge on any atom is 0.310 e. The van der Waals surface area contributed by atoms with E-state index in [1.165, 1.54) is 0 Å². The molecule has 0 aromatic carbocycles. The number of hydrogen-bond acceptors (Lipinski definition) is 4. The third-order valence-electron chi connectivity index (χ3n) is 1.32. The van der Waals surface area contributed by atoms with Crippen molar-refractivity contribution in [3.8, 4) is 0 Å². The summed E-state index contributed by atoms with van der Waals surface area (Å²) in [6.45, 7) is 3.37. The highest BCUT2D eigenvalue weighted by atomic mass is 19.1. The van der Waals surface area contributed by atoms with Gasteiger partial charge in [-0.2, -0.15) is 9.37 Å². The van der Waals surface area contributed by atoms with Crippen LogP contribution in [0.4, 0.5) is 15.9 Å². The smallest absolute Gasteiger partial charge is 0.310 e. The van der Waals surface area contributed by atoms with Gasteiger partial charge in [0.1, 0.15) is 5.69 Å². The molecule has 1 heterocycles. The van der Waals surface area contributed by atoms with Gasteiger partial charge in [-0.05, 0) is 13.8 Å². The van der Waals surface area contributed by atoms with Crippen LogP contribution in [-0.2, 0) is 0 Å². The van der Waals surface area contributed by atoms with Crippen LogP contribution in [0.2, 0.25) is 0 Å². The number of halogens is 1. The van der Waals surface area contributed by atoms with E-state index in [1.807, 2.05) is 0 Å². The Bertz CT molecular complexity index is 298. The van der Waals surface area contributed by atoms with Gasteiger partial charge in [0.15, 0.2) is 5.82 Å². The SMILES string of the molecule is CC=Nc1c(C)nc(F)nc1N. The Kier molecular flexibility index (Phi) is 2.32. The Hall–Kier alpha value is -1.52. The van der Waals surface area contributed by atoms with E-state index in [-0.39, 0.29) is 5.82 Å². The molecule has 0 amide bonds. The van der Waals surface area contributed by atoms with Gasteiger partial charge in [0.25, 0.3) is 0 Å². The van der Waals surface area contributed by atoms with Crippen molar-refractivity contribution < 1.29 is 4.39 Å². The van der Waals surface area contributed by atoms with E-state index in [4.69, 9.17) is 5.73 Å². The summed E-state index contributed by atoms with van der Waals surface area (Å²) in [5, 5.41) is 0. The summed E-state index contributed by atoms with van der Waals surface area (Å²) < 4.78 is 12.5. The van der Waals surface area contributed by atoms with Gasteiger partial charge in [-0.25, -0.2) is 4.98 Å². The molecule has 0 bridgehead atoms. The molecule has 0 saturated heterocycles. The first-order chi connectivity index (χ1) is 5.65. The maximum absolute atomic E-state index is 12.5. The zero-order chi connectivity index (χ0) is 9.14. The van der Waals surface area contributed by atoms with Crippen molar-refractivity contribution in [2.24, 2.45) is 4.99 Å². The summed E-state index contributed by atoms with van der Waals surface area (Å²) in [5.41, 5.74) is 6.28. The molecule has 0 spiro atoms. The zero-order valence-electron chi connectivity index (χ0n) is 6.87. The van der Waals surface area contributed by atoms with Crippen LogP contribution >= 0.6 is 0 Å². The van der Waals surface area contributed by atoms with Crippen molar-refractivity contribution in [3.05, 3.63) is 11.8 Å². The minimum Gasteiger partial charge on any atom is -0.382 e. The predicted molar refractivity (Wildman–Crippen MR) is 45.0 cm³/mol. The van der Waals surface area contributed by atoms with Crippen molar-refractivity contribution in [1.82, 2.24) is 9.97 Å². The Morgan fingerprint density at radius 1 is 1.50 bits per heavy atom. The average Bonchev–Trinajstić information content (AvgIpc) is 1.96. The summed E-state index contributed by atoms with van der Waals surface area (Å²) >= 11 is 0. The van der Waals surface area contributed by atoms with E-state index < -0.39 is 6.08 Å². The summed E-state index contributed by atoms with van der Waals surface area (Å²) in [6.07, 6.45) is 0.736. The fraction of sp³-hybridized carbons (Fsp3) is 0.286. The molecule has 0 aliphatic rings. The number of rotatable bonds is 1. The molecule has 5 heteroatoms. The largest absolute Gasteiger partial charge is 0.382 e. The molecule has 12 heavy (non-hydrogen) atoms. The third kappa shape index (κ3) is 1.55. The molecule has 2 N–H and O–H groups in total. The molecule has 1 aromatic heterocycles. The van der Waals surface area contributed by atoms with Crippen LogP contribution in [0.5, 0.6) is 0 Å². The first kappa shape index (κ1) is 8.58. The molecule has 4 nitrogen and oxygen atoms in total. The monoisotopic (exact) mass is 168 g/mol. The van der Waals surface area contributed by atoms with Gasteiger partial charge < -0.3 is 5.73 Å². The molecule has 1 aromatic rings. The molecular formula is C7H9FN4. The number of aromatic nitrogens is 2. The molecule has 0 atom stereocenters. The van der Waals surface area contributed by atoms with Crippen molar-refractivity contribution in [2.45, 2.75) is 13.8 Å². The lowest BCUT2D eigenvalue weighted by Gasteiger charge is -2.01. The van der Waals surface area contributed by atoms with E-state index in [2.05, 4.69) is 15.0 Å². The minimum atomic E-state index is -0.819. The Labute approximate surface area is 69.4 Å². The Morgan fingerprint density at radius 3 is 2.67 bits per heavy atom. The highest BCUT2D eigenvalue weighted by Gasteiger charge is 2.06. The van der Waals surface area contributed by atoms with E-state index in [9.17, 15) is 4.39 Å². The van der Waals surface area contributed by atoms with Crippen LogP contribution in [-0.4, -0.2) is 16.2 Å². The topological polar surface area (TPSA) is 64.2 Å². The highest BCUT2D eigenvalue weighted by Crippen LogP contribution is 2.21. The van der Waals surface area contributed by atoms with Crippen LogP contribution in [0.15, 0.2) is 4.99 Å². The number of anilines is 1. The van der Waals surface area contributed by atoms with Crippen molar-refractivity contribution in [1.29, 1.82) is 0 Å². The minimum absolute atomic E-state index is 0.0677. The van der Waals surface area contributed by atoms with Crippen molar-refractivity contribution >= 4 is 17.7 Å². The second kappa shape index (κ2) is 3.25. The average molecular weight is 168 g/mol. The number of aliphatic imine (C=N–C) groups is 1. The number of hydrogen-bond donors (Lipinski definition) is 1. The number of aryl methyl sites for hydroxylation is 1. The predicted octanol–water partition coefficient (Wildman–Crippen LogP) is 1.23. The Morgan fingerprint density at radius 2 is 2.17 bits per heavy atom. The molecule has 0 unspecified atom stereocenters. The van der Waals surface area contributed by atoms with Crippen LogP contribution in [0, 0.1) is 13.0 Å². The van der Waals surface area contributed by atoms with Gasteiger partial charge in [-0.15, -0.1) is 0 Å². The van der Waals surface area contributed by atoms with Crippen LogP contribution < -0.4 is 5.73 Å². The lowest BCUT2D eigenvalue weighted by molar-refractivity contribution is 0.537. The maximum atomic E-state index is 12.5. The molecule has 0 radical (unpaired) electrons. The molecule has 0 aliphatic carbocycles. The first-order valence-electron chi connectivity index (χ1n) is 3.43. The van der Waals surface area contributed by atoms with Crippen LogP contribution in [0.25, 0.3) is 0 Å². The summed E-state index contributed by atoms with van der Waals surface area (Å²) in [5.74, 6) is 0.0677. The van der Waals surface area contributed by atoms with Gasteiger partial charge in [0.05, 0.1) is 5.69 Å². The number of nitrogens with zero attached hydrogens (tertiary/aromatic N) is 3. The normalized spacial score (nSPS) is 10.9. The zero-order valence-corrected chi connectivity index (χ0v) is 6.87. The summed E-state index contributed by atoms with van der Waals surface area (Å²) in [4.78, 5) is 10.7. The fourth-order valence-corrected chi connectivity index (χ4v) is 0.843. The quantitative estimate of drug-likeness (QED) is 0.506. The lowest BCUT2D eigenvalue weighted by atomic mass is 10.3. The van der Waals surface area contributed by atoms with E-state index in [0.29, 0.717) is 11.4 Å². The number of nitrogen functional groups attached to an aromatic ring is 1. The summed E-state index contributed by atoms with van der Waals surface area (Å²) in [7, 11) is 0. The summed E-state index contributed by atoms with van der Waals surface area (Å²) in [6, 6.07) is 0. The molecule has 64 valence electrons. The second-order valence-corrected chi connectivity index (χ2v) is 2.20. The van der Waals surface area contributed by atoms with Gasteiger partial charge in [-0.1, -0.05) is 0 Å². The van der Waals surface area contributed by atoms with E-state index in [0.717, 1.165) is 0 Å². The molecular weight excluding hydrogens is 159 g/mol. The Balaban J connectivity index is 3.28. The molecule has 0 fully saturated rings. The lowest BCUT2D eigenvalue weighted by Crippen LogP contribution is -1.99.